The topological polar surface area (TPSA) is 83.6 Å². The van der Waals surface area contributed by atoms with E-state index < -0.39 is 0 Å². The fourth-order valence-electron chi connectivity index (χ4n) is 4.33. The summed E-state index contributed by atoms with van der Waals surface area (Å²) in [4.78, 5) is 31.6. The number of carbonyl (C=O) groups excluding carboxylic acids is 2. The third-order valence-electron chi connectivity index (χ3n) is 6.21. The number of urea groups is 1. The lowest BCUT2D eigenvalue weighted by atomic mass is 10.1. The molecule has 1 N–H and O–H groups in total. The van der Waals surface area contributed by atoms with Crippen molar-refractivity contribution in [1.29, 1.82) is 0 Å². The van der Waals surface area contributed by atoms with Crippen LogP contribution in [0.15, 0.2) is 48.5 Å². The molecule has 34 heavy (non-hydrogen) atoms. The Morgan fingerprint density at radius 1 is 0.971 bits per heavy atom. The van der Waals surface area contributed by atoms with Gasteiger partial charge in [0.25, 0.3) is 5.91 Å². The Morgan fingerprint density at radius 2 is 1.76 bits per heavy atom. The molecule has 2 heterocycles. The molecule has 0 aliphatic carbocycles. The number of nitrogens with one attached hydrogen (secondary N) is 1. The van der Waals surface area contributed by atoms with Crippen molar-refractivity contribution in [2.45, 2.75) is 6.10 Å². The van der Waals surface area contributed by atoms with E-state index in [1.165, 1.54) is 0 Å². The van der Waals surface area contributed by atoms with Crippen molar-refractivity contribution in [3.05, 3.63) is 54.1 Å². The van der Waals surface area contributed by atoms with Crippen LogP contribution in [0.4, 0.5) is 10.5 Å². The zero-order chi connectivity index (χ0) is 23.9. The highest BCUT2D eigenvalue weighted by Crippen LogP contribution is 2.21. The van der Waals surface area contributed by atoms with Crippen molar-refractivity contribution in [1.82, 2.24) is 14.7 Å². The summed E-state index contributed by atoms with van der Waals surface area (Å²) in [7, 11) is 3.18. The van der Waals surface area contributed by atoms with Crippen LogP contribution < -0.4 is 14.8 Å². The molecule has 9 heteroatoms. The fourth-order valence-corrected chi connectivity index (χ4v) is 4.33. The number of piperazine rings is 1. The zero-order valence-electron chi connectivity index (χ0n) is 19.7. The highest BCUT2D eigenvalue weighted by molar-refractivity contribution is 5.97. The van der Waals surface area contributed by atoms with Crippen LogP contribution in [0.2, 0.25) is 0 Å². The molecule has 2 aliphatic heterocycles. The minimum Gasteiger partial charge on any atom is -0.497 e. The molecule has 9 nitrogen and oxygen atoms in total. The van der Waals surface area contributed by atoms with Crippen LogP contribution >= 0.6 is 0 Å². The van der Waals surface area contributed by atoms with Crippen molar-refractivity contribution in [2.75, 3.05) is 72.0 Å². The predicted molar refractivity (Wildman–Crippen MR) is 129 cm³/mol. The van der Waals surface area contributed by atoms with Crippen LogP contribution in [-0.4, -0.2) is 99.4 Å². The Hall–Kier alpha value is -3.30. The van der Waals surface area contributed by atoms with E-state index in [4.69, 9.17) is 14.2 Å². The normalized spacial score (nSPS) is 18.9. The second kappa shape index (κ2) is 11.2. The molecule has 2 fully saturated rings. The second-order valence-electron chi connectivity index (χ2n) is 8.39. The molecule has 0 aromatic heterocycles. The van der Waals surface area contributed by atoms with Crippen LogP contribution in [-0.2, 0) is 4.74 Å². The third-order valence-corrected chi connectivity index (χ3v) is 6.21. The molecule has 2 saturated heterocycles. The van der Waals surface area contributed by atoms with Crippen LogP contribution in [0.5, 0.6) is 11.5 Å². The zero-order valence-corrected chi connectivity index (χ0v) is 19.7. The van der Waals surface area contributed by atoms with Crippen LogP contribution in [0, 0.1) is 0 Å². The maximum absolute atomic E-state index is 12.9. The Bertz CT molecular complexity index is 993. The number of amides is 3. The van der Waals surface area contributed by atoms with E-state index in [1.54, 1.807) is 37.3 Å². The summed E-state index contributed by atoms with van der Waals surface area (Å²) < 4.78 is 16.5. The predicted octanol–water partition coefficient (Wildman–Crippen LogP) is 2.39. The largest absolute Gasteiger partial charge is 0.497 e. The van der Waals surface area contributed by atoms with E-state index in [9.17, 15) is 9.59 Å². The lowest BCUT2D eigenvalue weighted by Gasteiger charge is -2.39. The molecule has 2 aromatic rings. The summed E-state index contributed by atoms with van der Waals surface area (Å²) in [5.41, 5.74) is 1.29. The number of hydrogen-bond acceptors (Lipinski definition) is 6. The molecular weight excluding hydrogens is 436 g/mol. The van der Waals surface area contributed by atoms with Gasteiger partial charge < -0.3 is 29.3 Å². The van der Waals surface area contributed by atoms with Crippen molar-refractivity contribution in [3.8, 4) is 11.5 Å². The van der Waals surface area contributed by atoms with Gasteiger partial charge in [0.1, 0.15) is 11.5 Å². The van der Waals surface area contributed by atoms with E-state index in [-0.39, 0.29) is 18.0 Å². The Morgan fingerprint density at radius 3 is 2.53 bits per heavy atom. The smallest absolute Gasteiger partial charge is 0.322 e. The van der Waals surface area contributed by atoms with E-state index in [0.29, 0.717) is 55.5 Å². The summed E-state index contributed by atoms with van der Waals surface area (Å²) in [6, 6.07) is 14.5. The van der Waals surface area contributed by atoms with Gasteiger partial charge in [0, 0.05) is 57.6 Å². The standard InChI is InChI=1S/C25H32N4O5/c1-32-20-7-5-6-19(16-20)26-25(31)29-14-15-34-21(18-29)17-27-10-12-28(13-11-27)24(30)22-8-3-4-9-23(22)33-2/h3-9,16,21H,10-15,17-18H2,1-2H3,(H,26,31). The molecule has 0 saturated carbocycles. The van der Waals surface area contributed by atoms with E-state index >= 15 is 0 Å². The van der Waals surface area contributed by atoms with Crippen molar-refractivity contribution in [3.63, 3.8) is 0 Å². The minimum atomic E-state index is -0.145. The minimum absolute atomic E-state index is 0.00796. The third kappa shape index (κ3) is 5.78. The van der Waals surface area contributed by atoms with Gasteiger partial charge >= 0.3 is 6.03 Å². The number of ether oxygens (including phenoxy) is 3. The van der Waals surface area contributed by atoms with E-state index in [2.05, 4.69) is 10.2 Å². The number of para-hydroxylation sites is 1. The highest BCUT2D eigenvalue weighted by Gasteiger charge is 2.29. The lowest BCUT2D eigenvalue weighted by Crippen LogP contribution is -2.54. The Labute approximate surface area is 200 Å². The van der Waals surface area contributed by atoms with Gasteiger partial charge in [0.2, 0.25) is 0 Å². The van der Waals surface area contributed by atoms with E-state index in [0.717, 1.165) is 19.6 Å². The average Bonchev–Trinajstić information content (AvgIpc) is 2.89. The molecule has 182 valence electrons. The van der Waals surface area contributed by atoms with Gasteiger partial charge in [-0.1, -0.05) is 18.2 Å². The number of hydrogen-bond donors (Lipinski definition) is 1. The Balaban J connectivity index is 1.26. The Kier molecular flexibility index (Phi) is 7.87. The maximum Gasteiger partial charge on any atom is 0.322 e. The first-order valence-corrected chi connectivity index (χ1v) is 11.5. The molecule has 0 radical (unpaired) electrons. The first-order valence-electron chi connectivity index (χ1n) is 11.5. The number of morpholine rings is 1. The molecule has 0 bridgehead atoms. The SMILES string of the molecule is COc1cccc(NC(=O)N2CCOC(CN3CCN(C(=O)c4ccccc4OC)CC3)C2)c1. The lowest BCUT2D eigenvalue weighted by molar-refractivity contribution is -0.0338. The first kappa shape index (κ1) is 23.8. The number of methoxy groups -OCH3 is 2. The summed E-state index contributed by atoms with van der Waals surface area (Å²) in [6.45, 7) is 5.10. The molecule has 4 rings (SSSR count). The van der Waals surface area contributed by atoms with Gasteiger partial charge in [-0.15, -0.1) is 0 Å². The number of carbonyl (C=O) groups is 2. The van der Waals surface area contributed by atoms with Crippen LogP contribution in [0.25, 0.3) is 0 Å². The van der Waals surface area contributed by atoms with Crippen LogP contribution in [0.1, 0.15) is 10.4 Å². The molecular formula is C25H32N4O5. The summed E-state index contributed by atoms with van der Waals surface area (Å²) in [5.74, 6) is 1.28. The summed E-state index contributed by atoms with van der Waals surface area (Å²) >= 11 is 0. The molecule has 1 atom stereocenters. The van der Waals surface area contributed by atoms with Crippen molar-refractivity contribution < 1.29 is 23.8 Å². The molecule has 2 aliphatic rings. The summed E-state index contributed by atoms with van der Waals surface area (Å²) in [6.07, 6.45) is -0.0683. The first-order chi connectivity index (χ1) is 16.6. The monoisotopic (exact) mass is 468 g/mol. The second-order valence-corrected chi connectivity index (χ2v) is 8.39. The van der Waals surface area contributed by atoms with Crippen molar-refractivity contribution >= 4 is 17.6 Å². The number of benzene rings is 2. The quantitative estimate of drug-likeness (QED) is 0.701. The van der Waals surface area contributed by atoms with Gasteiger partial charge in [-0.25, -0.2) is 4.79 Å². The molecule has 1 unspecified atom stereocenters. The van der Waals surface area contributed by atoms with Gasteiger partial charge in [0.05, 0.1) is 32.5 Å². The molecule has 3 amide bonds. The number of anilines is 1. The van der Waals surface area contributed by atoms with Gasteiger partial charge in [0.15, 0.2) is 0 Å². The number of rotatable bonds is 6. The highest BCUT2D eigenvalue weighted by atomic mass is 16.5. The average molecular weight is 469 g/mol. The molecule has 0 spiro atoms. The van der Waals surface area contributed by atoms with Gasteiger partial charge in [-0.2, -0.15) is 0 Å². The van der Waals surface area contributed by atoms with Gasteiger partial charge in [-0.3, -0.25) is 9.69 Å². The van der Waals surface area contributed by atoms with Crippen LogP contribution in [0.3, 0.4) is 0 Å². The number of nitrogens with zero attached hydrogens (tertiary/aromatic N) is 3. The fraction of sp³-hybridized carbons (Fsp3) is 0.440. The summed E-state index contributed by atoms with van der Waals surface area (Å²) in [5, 5.41) is 2.94. The van der Waals surface area contributed by atoms with Crippen molar-refractivity contribution in [2.24, 2.45) is 0 Å². The maximum atomic E-state index is 12.9. The van der Waals surface area contributed by atoms with E-state index in [1.807, 2.05) is 35.2 Å². The molecule has 2 aromatic carbocycles. The van der Waals surface area contributed by atoms with Gasteiger partial charge in [-0.05, 0) is 24.3 Å².